The van der Waals surface area contributed by atoms with Crippen LogP contribution >= 0.6 is 11.3 Å². The third-order valence-corrected chi connectivity index (χ3v) is 5.80. The Bertz CT molecular complexity index is 1030. The molecule has 1 saturated heterocycles. The van der Waals surface area contributed by atoms with Gasteiger partial charge in [0.1, 0.15) is 5.82 Å². The van der Waals surface area contributed by atoms with Gasteiger partial charge < -0.3 is 4.90 Å². The smallest absolute Gasteiger partial charge is 0.270 e. The fraction of sp³-hybridized carbons (Fsp3) is 0.350. The fourth-order valence-electron chi connectivity index (χ4n) is 3.44. The number of anilines is 1. The summed E-state index contributed by atoms with van der Waals surface area (Å²) in [5, 5.41) is 12.2. The molecule has 0 unspecified atom stereocenters. The highest BCUT2D eigenvalue weighted by Gasteiger charge is 2.20. The number of hydrogen-bond donors (Lipinski definition) is 0. The normalized spacial score (nSPS) is 14.9. The number of nitrogens with zero attached hydrogens (tertiary/aromatic N) is 6. The zero-order valence-corrected chi connectivity index (χ0v) is 17.2. The summed E-state index contributed by atoms with van der Waals surface area (Å²) in [6.07, 6.45) is 1.96. The van der Waals surface area contributed by atoms with Crippen LogP contribution in [-0.2, 0) is 6.54 Å². The minimum absolute atomic E-state index is 0.0427. The first kappa shape index (κ1) is 19.4. The van der Waals surface area contributed by atoms with Crippen molar-refractivity contribution in [3.63, 3.8) is 0 Å². The molecule has 1 aromatic carbocycles. The van der Waals surface area contributed by atoms with Gasteiger partial charge in [0.25, 0.3) is 5.69 Å². The Hall–Kier alpha value is -2.91. The number of piperazine rings is 1. The number of thiazole rings is 1. The SMILES string of the molecule is Cc1cc(N2CCN(Cc3cnc(C)s3)CC2)nc(-c2cccc([N+](=O)[O-])c2)n1. The van der Waals surface area contributed by atoms with Crippen LogP contribution in [0.25, 0.3) is 11.4 Å². The molecular weight excluding hydrogens is 388 g/mol. The summed E-state index contributed by atoms with van der Waals surface area (Å²) >= 11 is 1.75. The first-order chi connectivity index (χ1) is 14.0. The van der Waals surface area contributed by atoms with Gasteiger partial charge in [0.2, 0.25) is 0 Å². The molecule has 0 bridgehead atoms. The lowest BCUT2D eigenvalue weighted by molar-refractivity contribution is -0.384. The van der Waals surface area contributed by atoms with Crippen LogP contribution in [0, 0.1) is 24.0 Å². The molecule has 3 aromatic rings. The maximum absolute atomic E-state index is 11.1. The summed E-state index contributed by atoms with van der Waals surface area (Å²) in [5.74, 6) is 1.39. The molecule has 0 amide bonds. The molecule has 1 aliphatic rings. The van der Waals surface area contributed by atoms with Gasteiger partial charge in [0, 0.05) is 73.3 Å². The van der Waals surface area contributed by atoms with Gasteiger partial charge in [-0.15, -0.1) is 11.3 Å². The van der Waals surface area contributed by atoms with Crippen LogP contribution in [0.2, 0.25) is 0 Å². The van der Waals surface area contributed by atoms with Crippen molar-refractivity contribution >= 4 is 22.8 Å². The molecule has 29 heavy (non-hydrogen) atoms. The summed E-state index contributed by atoms with van der Waals surface area (Å²) in [6.45, 7) is 8.54. The second kappa shape index (κ2) is 8.22. The molecule has 150 valence electrons. The minimum atomic E-state index is -0.399. The molecule has 0 atom stereocenters. The maximum Gasteiger partial charge on any atom is 0.270 e. The second-order valence-corrected chi connectivity index (χ2v) is 8.43. The molecule has 8 nitrogen and oxygen atoms in total. The Morgan fingerprint density at radius 1 is 1.14 bits per heavy atom. The van der Waals surface area contributed by atoms with Crippen LogP contribution in [-0.4, -0.2) is 51.0 Å². The molecule has 0 spiro atoms. The predicted molar refractivity (Wildman–Crippen MR) is 113 cm³/mol. The summed E-state index contributed by atoms with van der Waals surface area (Å²) in [4.78, 5) is 30.2. The van der Waals surface area contributed by atoms with Crippen molar-refractivity contribution in [1.82, 2.24) is 19.9 Å². The first-order valence-electron chi connectivity index (χ1n) is 9.47. The molecule has 0 N–H and O–H groups in total. The number of benzene rings is 1. The van der Waals surface area contributed by atoms with Crippen LogP contribution in [0.15, 0.2) is 36.5 Å². The lowest BCUT2D eigenvalue weighted by atomic mass is 10.2. The van der Waals surface area contributed by atoms with Gasteiger partial charge >= 0.3 is 0 Å². The number of nitro benzene ring substituents is 1. The van der Waals surface area contributed by atoms with Gasteiger partial charge in [-0.3, -0.25) is 15.0 Å². The Balaban J connectivity index is 1.48. The van der Waals surface area contributed by atoms with Gasteiger partial charge in [0.05, 0.1) is 9.93 Å². The molecule has 9 heteroatoms. The van der Waals surface area contributed by atoms with E-state index in [1.165, 1.54) is 17.0 Å². The lowest BCUT2D eigenvalue weighted by Gasteiger charge is -2.35. The van der Waals surface area contributed by atoms with Crippen molar-refractivity contribution in [2.45, 2.75) is 20.4 Å². The number of rotatable bonds is 5. The van der Waals surface area contributed by atoms with Crippen molar-refractivity contribution in [2.24, 2.45) is 0 Å². The lowest BCUT2D eigenvalue weighted by Crippen LogP contribution is -2.46. The number of non-ortho nitro benzene ring substituents is 1. The standard InChI is InChI=1S/C20H22N6O2S/c1-14-10-19(23-20(22-14)16-4-3-5-17(11-16)26(27)28)25-8-6-24(7-9-25)13-18-12-21-15(2)29-18/h3-5,10-12H,6-9,13H2,1-2H3. The number of aryl methyl sites for hydroxylation is 2. The minimum Gasteiger partial charge on any atom is -0.354 e. The van der Waals surface area contributed by atoms with E-state index in [-0.39, 0.29) is 5.69 Å². The summed E-state index contributed by atoms with van der Waals surface area (Å²) < 4.78 is 0. The molecule has 2 aromatic heterocycles. The largest absolute Gasteiger partial charge is 0.354 e. The Morgan fingerprint density at radius 2 is 1.93 bits per heavy atom. The van der Waals surface area contributed by atoms with Crippen molar-refractivity contribution in [3.8, 4) is 11.4 Å². The van der Waals surface area contributed by atoms with Gasteiger partial charge in [-0.05, 0) is 13.8 Å². The van der Waals surface area contributed by atoms with E-state index in [4.69, 9.17) is 4.98 Å². The molecule has 0 saturated carbocycles. The highest BCUT2D eigenvalue weighted by Crippen LogP contribution is 2.24. The van der Waals surface area contributed by atoms with Crippen LogP contribution in [0.1, 0.15) is 15.6 Å². The van der Waals surface area contributed by atoms with Crippen LogP contribution < -0.4 is 4.90 Å². The monoisotopic (exact) mass is 410 g/mol. The van der Waals surface area contributed by atoms with Crippen molar-refractivity contribution in [3.05, 3.63) is 62.2 Å². The number of hydrogen-bond acceptors (Lipinski definition) is 8. The molecule has 3 heterocycles. The molecule has 1 aliphatic heterocycles. The van der Waals surface area contributed by atoms with Gasteiger partial charge in [0.15, 0.2) is 5.82 Å². The number of nitro groups is 1. The van der Waals surface area contributed by atoms with Crippen LogP contribution in [0.4, 0.5) is 11.5 Å². The Morgan fingerprint density at radius 3 is 2.62 bits per heavy atom. The maximum atomic E-state index is 11.1. The summed E-state index contributed by atoms with van der Waals surface area (Å²) in [5.41, 5.74) is 1.54. The van der Waals surface area contributed by atoms with Gasteiger partial charge in [-0.2, -0.15) is 0 Å². The summed E-state index contributed by atoms with van der Waals surface area (Å²) in [7, 11) is 0. The fourth-order valence-corrected chi connectivity index (χ4v) is 4.27. The molecular formula is C20H22N6O2S. The van der Waals surface area contributed by atoms with Crippen LogP contribution in [0.5, 0.6) is 0 Å². The van der Waals surface area contributed by atoms with E-state index in [1.807, 2.05) is 26.1 Å². The third kappa shape index (κ3) is 4.57. The average molecular weight is 411 g/mol. The van der Waals surface area contributed by atoms with Gasteiger partial charge in [-0.1, -0.05) is 12.1 Å². The Kier molecular flexibility index (Phi) is 5.50. The van der Waals surface area contributed by atoms with E-state index in [9.17, 15) is 10.1 Å². The Labute approximate surface area is 173 Å². The molecule has 0 aliphatic carbocycles. The van der Waals surface area contributed by atoms with Crippen molar-refractivity contribution < 1.29 is 4.92 Å². The van der Waals surface area contributed by atoms with E-state index in [0.717, 1.165) is 49.2 Å². The van der Waals surface area contributed by atoms with E-state index < -0.39 is 4.92 Å². The van der Waals surface area contributed by atoms with Crippen molar-refractivity contribution in [1.29, 1.82) is 0 Å². The van der Waals surface area contributed by atoms with E-state index in [0.29, 0.717) is 11.4 Å². The zero-order valence-electron chi connectivity index (χ0n) is 16.4. The second-order valence-electron chi connectivity index (χ2n) is 7.11. The quantitative estimate of drug-likeness (QED) is 0.470. The first-order valence-corrected chi connectivity index (χ1v) is 10.3. The topological polar surface area (TPSA) is 88.3 Å². The van der Waals surface area contributed by atoms with E-state index in [2.05, 4.69) is 19.8 Å². The van der Waals surface area contributed by atoms with Crippen LogP contribution in [0.3, 0.4) is 0 Å². The third-order valence-electron chi connectivity index (χ3n) is 4.90. The molecule has 0 radical (unpaired) electrons. The van der Waals surface area contributed by atoms with Crippen molar-refractivity contribution in [2.75, 3.05) is 31.1 Å². The number of aromatic nitrogens is 3. The zero-order chi connectivity index (χ0) is 20.4. The summed E-state index contributed by atoms with van der Waals surface area (Å²) in [6, 6.07) is 8.44. The predicted octanol–water partition coefficient (Wildman–Crippen LogP) is 3.45. The van der Waals surface area contributed by atoms with E-state index in [1.54, 1.807) is 23.5 Å². The average Bonchev–Trinajstić information content (AvgIpc) is 3.13. The van der Waals surface area contributed by atoms with E-state index >= 15 is 0 Å². The highest BCUT2D eigenvalue weighted by molar-refractivity contribution is 7.11. The molecule has 1 fully saturated rings. The molecule has 4 rings (SSSR count). The highest BCUT2D eigenvalue weighted by atomic mass is 32.1. The van der Waals surface area contributed by atoms with Gasteiger partial charge in [-0.25, -0.2) is 15.0 Å².